The number of fused-ring (bicyclic) bond motifs is 7. The first-order valence-electron chi connectivity index (χ1n) is 17.1. The Balaban J connectivity index is 1.17. The fourth-order valence-electron chi connectivity index (χ4n) is 7.72. The molecule has 50 heavy (non-hydrogen) atoms. The quantitative estimate of drug-likeness (QED) is 0.175. The number of anilines is 3. The summed E-state index contributed by atoms with van der Waals surface area (Å²) in [7, 11) is 0. The van der Waals surface area contributed by atoms with Gasteiger partial charge in [0.05, 0.1) is 16.8 Å². The molecule has 0 aliphatic heterocycles. The number of rotatable bonds is 5. The number of benzene rings is 9. The Bertz CT molecular complexity index is 2870. The Kier molecular flexibility index (Phi) is 6.53. The van der Waals surface area contributed by atoms with Crippen LogP contribution in [-0.2, 0) is 0 Å². The zero-order valence-corrected chi connectivity index (χ0v) is 27.3. The monoisotopic (exact) mass is 637 g/mol. The molecule has 0 fully saturated rings. The highest BCUT2D eigenvalue weighted by Gasteiger charge is 2.22. The van der Waals surface area contributed by atoms with Gasteiger partial charge in [-0.1, -0.05) is 146 Å². The predicted molar refractivity (Wildman–Crippen MR) is 212 cm³/mol. The van der Waals surface area contributed by atoms with Crippen molar-refractivity contribution in [2.24, 2.45) is 0 Å². The van der Waals surface area contributed by atoms with Crippen molar-refractivity contribution >= 4 is 71.3 Å². The van der Waals surface area contributed by atoms with E-state index >= 15 is 0 Å². The maximum atomic E-state index is 6.40. The van der Waals surface area contributed by atoms with Gasteiger partial charge in [0, 0.05) is 16.5 Å². The Morgan fingerprint density at radius 3 is 1.82 bits per heavy atom. The fraction of sp³-hybridized carbons (Fsp3) is 0. The molecule has 0 saturated carbocycles. The SMILES string of the molecule is c1cc(-c2ccc(N(c3cc4ccccc4c4ccccc34)c3cccc4oc5ccccc5c34)cc2)cc(-c2cccc3ccccc23)c1. The van der Waals surface area contributed by atoms with Gasteiger partial charge in [-0.25, -0.2) is 0 Å². The summed E-state index contributed by atoms with van der Waals surface area (Å²) in [6.07, 6.45) is 0. The van der Waals surface area contributed by atoms with Gasteiger partial charge in [-0.05, 0) is 91.6 Å². The molecule has 0 saturated heterocycles. The maximum Gasteiger partial charge on any atom is 0.137 e. The van der Waals surface area contributed by atoms with Crippen molar-refractivity contribution in [1.82, 2.24) is 0 Å². The highest BCUT2D eigenvalue weighted by Crippen LogP contribution is 2.46. The molecule has 0 N–H and O–H groups in total. The summed E-state index contributed by atoms with van der Waals surface area (Å²) < 4.78 is 6.40. The van der Waals surface area contributed by atoms with Gasteiger partial charge in [-0.15, -0.1) is 0 Å². The van der Waals surface area contributed by atoms with Gasteiger partial charge in [-0.3, -0.25) is 0 Å². The molecular weight excluding hydrogens is 607 g/mol. The molecular formula is C48H31NO. The summed E-state index contributed by atoms with van der Waals surface area (Å²) in [5, 5.41) is 9.61. The Labute approximate surface area is 290 Å². The van der Waals surface area contributed by atoms with E-state index in [4.69, 9.17) is 4.42 Å². The van der Waals surface area contributed by atoms with Gasteiger partial charge in [-0.2, -0.15) is 0 Å². The summed E-state index contributed by atoms with van der Waals surface area (Å²) in [4.78, 5) is 2.41. The summed E-state index contributed by atoms with van der Waals surface area (Å²) in [6.45, 7) is 0. The largest absolute Gasteiger partial charge is 0.456 e. The number of hydrogen-bond acceptors (Lipinski definition) is 2. The van der Waals surface area contributed by atoms with Crippen LogP contribution in [-0.4, -0.2) is 0 Å². The third kappa shape index (κ3) is 4.57. The second-order valence-electron chi connectivity index (χ2n) is 12.9. The zero-order valence-electron chi connectivity index (χ0n) is 27.3. The van der Waals surface area contributed by atoms with E-state index < -0.39 is 0 Å². The first kappa shape index (κ1) is 28.4. The number of furan rings is 1. The van der Waals surface area contributed by atoms with E-state index in [0.717, 1.165) is 39.0 Å². The molecule has 0 amide bonds. The van der Waals surface area contributed by atoms with Crippen LogP contribution in [0.15, 0.2) is 192 Å². The smallest absolute Gasteiger partial charge is 0.137 e. The van der Waals surface area contributed by atoms with E-state index in [-0.39, 0.29) is 0 Å². The molecule has 2 nitrogen and oxygen atoms in total. The van der Waals surface area contributed by atoms with E-state index in [1.807, 2.05) is 6.07 Å². The zero-order chi connectivity index (χ0) is 33.0. The van der Waals surface area contributed by atoms with Crippen molar-refractivity contribution in [1.29, 1.82) is 0 Å². The highest BCUT2D eigenvalue weighted by atomic mass is 16.3. The third-order valence-corrected chi connectivity index (χ3v) is 10.0. The lowest BCUT2D eigenvalue weighted by molar-refractivity contribution is 0.669. The number of nitrogens with zero attached hydrogens (tertiary/aromatic N) is 1. The lowest BCUT2D eigenvalue weighted by Gasteiger charge is -2.28. The Morgan fingerprint density at radius 1 is 0.340 bits per heavy atom. The molecule has 234 valence electrons. The van der Waals surface area contributed by atoms with E-state index in [0.29, 0.717) is 0 Å². The summed E-state index contributed by atoms with van der Waals surface area (Å²) >= 11 is 0. The topological polar surface area (TPSA) is 16.4 Å². The molecule has 0 spiro atoms. The first-order chi connectivity index (χ1) is 24.8. The van der Waals surface area contributed by atoms with Gasteiger partial charge in [0.25, 0.3) is 0 Å². The molecule has 9 aromatic carbocycles. The van der Waals surface area contributed by atoms with Gasteiger partial charge in [0.2, 0.25) is 0 Å². The number of para-hydroxylation sites is 1. The molecule has 10 aromatic rings. The first-order valence-corrected chi connectivity index (χ1v) is 17.1. The predicted octanol–water partition coefficient (Wildman–Crippen LogP) is 13.8. The average molecular weight is 638 g/mol. The molecule has 2 heteroatoms. The normalized spacial score (nSPS) is 11.6. The fourth-order valence-corrected chi connectivity index (χ4v) is 7.72. The molecule has 0 atom stereocenters. The van der Waals surface area contributed by atoms with Crippen LogP contribution in [0, 0.1) is 0 Å². The standard InChI is InChI=1S/C48H31NO/c1-3-17-38-33(12-1)14-10-22-39(38)35-16-9-15-34(30-35)32-26-28-37(29-27-32)49(44-23-11-25-47-48(44)43-21-7-8-24-46(43)50-47)45-31-36-13-2-4-18-40(36)41-19-5-6-20-42(41)45/h1-31H. The van der Waals surface area contributed by atoms with E-state index in [2.05, 4.69) is 187 Å². The molecule has 0 aliphatic carbocycles. The minimum absolute atomic E-state index is 0.876. The second kappa shape index (κ2) is 11.5. The molecule has 0 aliphatic rings. The van der Waals surface area contributed by atoms with E-state index in [9.17, 15) is 0 Å². The van der Waals surface area contributed by atoms with Crippen molar-refractivity contribution in [3.63, 3.8) is 0 Å². The van der Waals surface area contributed by atoms with Gasteiger partial charge in [0.15, 0.2) is 0 Å². The molecule has 0 bridgehead atoms. The molecule has 0 unspecified atom stereocenters. The lowest BCUT2D eigenvalue weighted by atomic mass is 9.95. The van der Waals surface area contributed by atoms with E-state index in [1.54, 1.807) is 0 Å². The molecule has 0 radical (unpaired) electrons. The lowest BCUT2D eigenvalue weighted by Crippen LogP contribution is -2.11. The van der Waals surface area contributed by atoms with Crippen LogP contribution < -0.4 is 4.90 Å². The Hall–Kier alpha value is -6.64. The minimum Gasteiger partial charge on any atom is -0.456 e. The van der Waals surface area contributed by atoms with Crippen LogP contribution in [0.4, 0.5) is 17.1 Å². The van der Waals surface area contributed by atoms with Crippen LogP contribution in [0.5, 0.6) is 0 Å². The van der Waals surface area contributed by atoms with Crippen LogP contribution in [0.1, 0.15) is 0 Å². The van der Waals surface area contributed by atoms with Crippen molar-refractivity contribution in [3.8, 4) is 22.3 Å². The summed E-state index contributed by atoms with van der Waals surface area (Å²) in [5.74, 6) is 0. The van der Waals surface area contributed by atoms with Crippen LogP contribution in [0.3, 0.4) is 0 Å². The number of hydrogen-bond donors (Lipinski definition) is 0. The van der Waals surface area contributed by atoms with Crippen molar-refractivity contribution in [2.75, 3.05) is 4.90 Å². The maximum absolute atomic E-state index is 6.40. The summed E-state index contributed by atoms with van der Waals surface area (Å²) in [5.41, 5.74) is 9.88. The van der Waals surface area contributed by atoms with Crippen LogP contribution >= 0.6 is 0 Å². The van der Waals surface area contributed by atoms with Gasteiger partial charge >= 0.3 is 0 Å². The van der Waals surface area contributed by atoms with Crippen molar-refractivity contribution in [2.45, 2.75) is 0 Å². The second-order valence-corrected chi connectivity index (χ2v) is 12.9. The van der Waals surface area contributed by atoms with Gasteiger partial charge < -0.3 is 9.32 Å². The van der Waals surface area contributed by atoms with Crippen molar-refractivity contribution < 1.29 is 4.42 Å². The highest BCUT2D eigenvalue weighted by molar-refractivity contribution is 6.18. The van der Waals surface area contributed by atoms with Gasteiger partial charge in [0.1, 0.15) is 11.2 Å². The molecule has 10 rings (SSSR count). The third-order valence-electron chi connectivity index (χ3n) is 10.0. The van der Waals surface area contributed by atoms with Crippen LogP contribution in [0.2, 0.25) is 0 Å². The average Bonchev–Trinajstić information content (AvgIpc) is 3.58. The Morgan fingerprint density at radius 2 is 0.960 bits per heavy atom. The summed E-state index contributed by atoms with van der Waals surface area (Å²) in [6, 6.07) is 67.5. The van der Waals surface area contributed by atoms with E-state index in [1.165, 1.54) is 54.6 Å². The van der Waals surface area contributed by atoms with Crippen LogP contribution in [0.25, 0.3) is 76.5 Å². The molecule has 1 heterocycles. The van der Waals surface area contributed by atoms with Crippen molar-refractivity contribution in [3.05, 3.63) is 188 Å². The minimum atomic E-state index is 0.876. The molecule has 1 aromatic heterocycles.